The molecule has 0 saturated carbocycles. The van der Waals surface area contributed by atoms with Crippen LogP contribution in [-0.4, -0.2) is 38.1 Å². The van der Waals surface area contributed by atoms with Gasteiger partial charge in [-0.1, -0.05) is 169 Å². The Balaban J connectivity index is 1.25. The Morgan fingerprint density at radius 1 is 0.525 bits per heavy atom. The van der Waals surface area contributed by atoms with Crippen LogP contribution in [0.15, 0.2) is 164 Å². The maximum atomic E-state index is 15.6. The Hall–Kier alpha value is -5.45. The topological polar surface area (TPSA) is 55.4 Å². The first-order chi connectivity index (χ1) is 30.0. The molecule has 312 valence electrons. The van der Waals surface area contributed by atoms with Gasteiger partial charge in [-0.25, -0.2) is 4.39 Å². The Morgan fingerprint density at radius 3 is 1.57 bits per heavy atom. The van der Waals surface area contributed by atoms with E-state index in [9.17, 15) is 0 Å². The molecule has 0 bridgehead atoms. The van der Waals surface area contributed by atoms with Crippen molar-refractivity contribution in [3.05, 3.63) is 219 Å². The molecule has 7 aromatic rings. The van der Waals surface area contributed by atoms with Crippen molar-refractivity contribution < 1.29 is 37.2 Å². The van der Waals surface area contributed by atoms with Gasteiger partial charge in [0.2, 0.25) is 5.82 Å². The zero-order valence-corrected chi connectivity index (χ0v) is 34.6. The van der Waals surface area contributed by atoms with Gasteiger partial charge in [0, 0.05) is 11.8 Å². The van der Waals surface area contributed by atoms with Gasteiger partial charge in [0.05, 0.1) is 45.2 Å². The highest BCUT2D eigenvalue weighted by atomic mass is 35.5. The molecule has 8 rings (SSSR count). The summed E-state index contributed by atoms with van der Waals surface area (Å²) in [5.74, 6) is -2.22. The SMILES string of the molecule is COc1ccc(Cc2cc([C@@H]3O[C@H](COCc4ccccc4)[C@@H](OCc4ccccc4)[C@H](OCc4ccccc4)[C@H]3OCc3ccccc3)c3ccccc3c2Cl)c(F)c1F. The maximum Gasteiger partial charge on any atom is 0.200 e. The minimum absolute atomic E-state index is 0.00599. The second-order valence-corrected chi connectivity index (χ2v) is 15.5. The molecule has 7 aromatic carbocycles. The van der Waals surface area contributed by atoms with E-state index >= 15 is 8.78 Å². The van der Waals surface area contributed by atoms with Crippen molar-refractivity contribution >= 4 is 22.4 Å². The average Bonchev–Trinajstić information content (AvgIpc) is 3.31. The summed E-state index contributed by atoms with van der Waals surface area (Å²) in [6.45, 7) is 1.37. The van der Waals surface area contributed by atoms with Crippen LogP contribution < -0.4 is 4.74 Å². The molecule has 1 fully saturated rings. The maximum absolute atomic E-state index is 15.6. The minimum Gasteiger partial charge on any atom is -0.494 e. The van der Waals surface area contributed by atoms with Gasteiger partial charge in [-0.3, -0.25) is 0 Å². The molecule has 1 aliphatic rings. The molecule has 0 radical (unpaired) electrons. The van der Waals surface area contributed by atoms with Gasteiger partial charge in [0.15, 0.2) is 11.6 Å². The minimum atomic E-state index is -1.06. The van der Waals surface area contributed by atoms with Crippen LogP contribution in [0.3, 0.4) is 0 Å². The van der Waals surface area contributed by atoms with E-state index in [0.717, 1.165) is 38.6 Å². The normalized spacial score (nSPS) is 18.9. The summed E-state index contributed by atoms with van der Waals surface area (Å²) in [7, 11) is 1.30. The lowest BCUT2D eigenvalue weighted by Gasteiger charge is -2.46. The Kier molecular flexibility index (Phi) is 14.1. The number of methoxy groups -OCH3 is 1. The monoisotopic (exact) mass is 840 g/mol. The lowest BCUT2D eigenvalue weighted by Crippen LogP contribution is -2.58. The molecule has 0 amide bonds. The molecule has 61 heavy (non-hydrogen) atoms. The molecule has 0 aliphatic carbocycles. The van der Waals surface area contributed by atoms with E-state index in [-0.39, 0.29) is 37.6 Å². The van der Waals surface area contributed by atoms with Gasteiger partial charge >= 0.3 is 0 Å². The molecular weight excluding hydrogens is 794 g/mol. The summed E-state index contributed by atoms with van der Waals surface area (Å²) < 4.78 is 70.3. The van der Waals surface area contributed by atoms with Gasteiger partial charge in [0.1, 0.15) is 30.5 Å². The van der Waals surface area contributed by atoms with Gasteiger partial charge in [-0.2, -0.15) is 4.39 Å². The highest BCUT2D eigenvalue weighted by Gasteiger charge is 2.49. The van der Waals surface area contributed by atoms with Crippen LogP contribution >= 0.6 is 11.6 Å². The van der Waals surface area contributed by atoms with Crippen LogP contribution in [0.4, 0.5) is 8.78 Å². The third kappa shape index (κ3) is 10.2. The fourth-order valence-corrected chi connectivity index (χ4v) is 8.19. The van der Waals surface area contributed by atoms with E-state index in [1.54, 1.807) is 0 Å². The summed E-state index contributed by atoms with van der Waals surface area (Å²) in [6.07, 6.45) is -3.45. The third-order valence-electron chi connectivity index (χ3n) is 11.0. The van der Waals surface area contributed by atoms with E-state index in [2.05, 4.69) is 0 Å². The van der Waals surface area contributed by atoms with Crippen molar-refractivity contribution in [3.63, 3.8) is 0 Å². The highest BCUT2D eigenvalue weighted by Crippen LogP contribution is 2.44. The summed E-state index contributed by atoms with van der Waals surface area (Å²) >= 11 is 7.18. The molecule has 9 heteroatoms. The van der Waals surface area contributed by atoms with Gasteiger partial charge in [0.25, 0.3) is 0 Å². The predicted octanol–water partition coefficient (Wildman–Crippen LogP) is 11.8. The molecule has 1 aliphatic heterocycles. The van der Waals surface area contributed by atoms with Crippen LogP contribution in [0.5, 0.6) is 5.75 Å². The van der Waals surface area contributed by atoms with Crippen molar-refractivity contribution in [1.29, 1.82) is 0 Å². The Morgan fingerprint density at radius 2 is 1.02 bits per heavy atom. The quantitative estimate of drug-likeness (QED) is 0.0910. The Bertz CT molecular complexity index is 2470. The van der Waals surface area contributed by atoms with E-state index in [1.165, 1.54) is 19.2 Å². The number of hydrogen-bond donors (Lipinski definition) is 0. The lowest BCUT2D eigenvalue weighted by molar-refractivity contribution is -0.274. The first-order valence-electron chi connectivity index (χ1n) is 20.4. The molecule has 0 aromatic heterocycles. The first kappa shape index (κ1) is 42.2. The zero-order chi connectivity index (χ0) is 42.0. The van der Waals surface area contributed by atoms with Crippen molar-refractivity contribution in [2.24, 2.45) is 0 Å². The second kappa shape index (κ2) is 20.4. The van der Waals surface area contributed by atoms with E-state index in [4.69, 9.17) is 40.0 Å². The summed E-state index contributed by atoms with van der Waals surface area (Å²) in [6, 6.07) is 52.5. The number of ether oxygens (including phenoxy) is 6. The van der Waals surface area contributed by atoms with Crippen LogP contribution in [-0.2, 0) is 56.5 Å². The number of fused-ring (bicyclic) bond motifs is 1. The number of rotatable bonds is 17. The summed E-state index contributed by atoms with van der Waals surface area (Å²) in [4.78, 5) is 0. The molecule has 0 unspecified atom stereocenters. The average molecular weight is 841 g/mol. The summed E-state index contributed by atoms with van der Waals surface area (Å²) in [5, 5.41) is 1.99. The Labute approximate surface area is 360 Å². The van der Waals surface area contributed by atoms with Crippen LogP contribution in [0.2, 0.25) is 5.02 Å². The molecule has 5 atom stereocenters. The second-order valence-electron chi connectivity index (χ2n) is 15.1. The number of halogens is 3. The molecule has 1 heterocycles. The smallest absolute Gasteiger partial charge is 0.200 e. The lowest BCUT2D eigenvalue weighted by atomic mass is 9.86. The largest absolute Gasteiger partial charge is 0.494 e. The molecule has 0 spiro atoms. The molecule has 0 N–H and O–H groups in total. The van der Waals surface area contributed by atoms with Crippen molar-refractivity contribution in [1.82, 2.24) is 0 Å². The van der Waals surface area contributed by atoms with E-state index < -0.39 is 42.2 Å². The van der Waals surface area contributed by atoms with Gasteiger partial charge in [-0.05, 0) is 50.4 Å². The predicted molar refractivity (Wildman–Crippen MR) is 233 cm³/mol. The van der Waals surface area contributed by atoms with Gasteiger partial charge < -0.3 is 28.4 Å². The zero-order valence-electron chi connectivity index (χ0n) is 33.8. The van der Waals surface area contributed by atoms with Crippen LogP contribution in [0.25, 0.3) is 10.8 Å². The third-order valence-corrected chi connectivity index (χ3v) is 11.5. The van der Waals surface area contributed by atoms with Crippen molar-refractivity contribution in [2.75, 3.05) is 13.7 Å². The van der Waals surface area contributed by atoms with Crippen LogP contribution in [0, 0.1) is 11.6 Å². The fraction of sp³-hybridized carbons (Fsp3) is 0.231. The summed E-state index contributed by atoms with van der Waals surface area (Å²) in [5.41, 5.74) is 5.45. The van der Waals surface area contributed by atoms with Crippen molar-refractivity contribution in [3.8, 4) is 5.75 Å². The number of benzene rings is 7. The first-order valence-corrected chi connectivity index (χ1v) is 20.8. The molecule has 6 nitrogen and oxygen atoms in total. The molecule has 1 saturated heterocycles. The van der Waals surface area contributed by atoms with Gasteiger partial charge in [-0.15, -0.1) is 0 Å². The van der Waals surface area contributed by atoms with E-state index in [0.29, 0.717) is 23.8 Å². The van der Waals surface area contributed by atoms with E-state index in [1.807, 2.05) is 152 Å². The van der Waals surface area contributed by atoms with Crippen molar-refractivity contribution in [2.45, 2.75) is 63.4 Å². The number of hydrogen-bond acceptors (Lipinski definition) is 6. The fourth-order valence-electron chi connectivity index (χ4n) is 7.90. The highest BCUT2D eigenvalue weighted by molar-refractivity contribution is 6.36. The molecular formula is C52H47ClF2O6. The standard InChI is InChI=1S/C52H47ClF2O6/c1-56-44-27-26-39(47(54)48(44)55)28-40-29-43(41-24-14-15-25-42(41)46(40)53)49-51(59-32-37-20-10-4-11-21-37)52(60-33-38-22-12-5-13-23-38)50(58-31-36-18-8-3-9-19-36)45(61-49)34-57-30-35-16-6-2-7-17-35/h2-27,29,45,49-52H,28,30-34H2,1H3/t45-,49+,50-,51+,52+/m1/s1. The van der Waals surface area contributed by atoms with Crippen LogP contribution in [0.1, 0.15) is 45.0 Å².